The average molecular weight is 244 g/mol. The molecule has 0 aliphatic carbocycles. The van der Waals surface area contributed by atoms with Gasteiger partial charge in [0.25, 0.3) is 0 Å². The van der Waals surface area contributed by atoms with E-state index in [0.717, 1.165) is 6.42 Å². The van der Waals surface area contributed by atoms with Gasteiger partial charge >= 0.3 is 0 Å². The minimum atomic E-state index is -0.458. The molecule has 2 N–H and O–H groups in total. The first-order valence-corrected chi connectivity index (χ1v) is 5.67. The number of Topliss-reactive ketones (excluding diaryl/α,β-unsaturated/α-hetero) is 1. The summed E-state index contributed by atoms with van der Waals surface area (Å²) in [6.07, 6.45) is 1.56. The third-order valence-corrected chi connectivity index (χ3v) is 2.82. The molecule has 88 valence electrons. The molecule has 0 bridgehead atoms. The highest BCUT2D eigenvalue weighted by Gasteiger charge is 2.20. The standard InChI is InChI=1S/C12H15ClFNO/c1-2-3-8(7-15)12(16)10-6-9(14)4-5-11(10)13/h4-6,8H,2-3,7,15H2,1H3. The van der Waals surface area contributed by atoms with E-state index in [0.29, 0.717) is 6.42 Å². The zero-order valence-electron chi connectivity index (χ0n) is 9.17. The summed E-state index contributed by atoms with van der Waals surface area (Å²) in [5, 5.41) is 0.279. The van der Waals surface area contributed by atoms with Gasteiger partial charge in [-0.1, -0.05) is 24.9 Å². The molecule has 0 spiro atoms. The number of hydrogen-bond donors (Lipinski definition) is 1. The first-order valence-electron chi connectivity index (χ1n) is 5.29. The van der Waals surface area contributed by atoms with Gasteiger partial charge in [0.15, 0.2) is 5.78 Å². The van der Waals surface area contributed by atoms with Crippen molar-refractivity contribution in [1.29, 1.82) is 0 Å². The molecule has 0 aliphatic heterocycles. The van der Waals surface area contributed by atoms with Crippen molar-refractivity contribution in [2.75, 3.05) is 6.54 Å². The van der Waals surface area contributed by atoms with E-state index < -0.39 is 5.82 Å². The van der Waals surface area contributed by atoms with Crippen molar-refractivity contribution >= 4 is 17.4 Å². The van der Waals surface area contributed by atoms with Crippen LogP contribution in [-0.2, 0) is 0 Å². The van der Waals surface area contributed by atoms with Gasteiger partial charge in [0.05, 0.1) is 5.02 Å². The van der Waals surface area contributed by atoms with E-state index >= 15 is 0 Å². The number of carbonyl (C=O) groups excluding carboxylic acids is 1. The largest absolute Gasteiger partial charge is 0.330 e. The Hall–Kier alpha value is -0.930. The number of hydrogen-bond acceptors (Lipinski definition) is 2. The molecule has 1 rings (SSSR count). The summed E-state index contributed by atoms with van der Waals surface area (Å²) in [6.45, 7) is 2.24. The van der Waals surface area contributed by atoms with Crippen LogP contribution in [0.4, 0.5) is 4.39 Å². The Morgan fingerprint density at radius 3 is 2.81 bits per heavy atom. The Labute approximate surface area is 99.6 Å². The molecule has 0 fully saturated rings. The number of carbonyl (C=O) groups is 1. The number of benzene rings is 1. The Kier molecular flexibility index (Phi) is 4.90. The van der Waals surface area contributed by atoms with Crippen LogP contribution in [0.1, 0.15) is 30.1 Å². The molecule has 2 nitrogen and oxygen atoms in total. The lowest BCUT2D eigenvalue weighted by Gasteiger charge is -2.13. The van der Waals surface area contributed by atoms with Crippen LogP contribution in [0.3, 0.4) is 0 Å². The third-order valence-electron chi connectivity index (χ3n) is 2.49. The van der Waals surface area contributed by atoms with Crippen molar-refractivity contribution in [3.8, 4) is 0 Å². The molecule has 0 heterocycles. The quantitative estimate of drug-likeness (QED) is 0.808. The van der Waals surface area contributed by atoms with Crippen molar-refractivity contribution < 1.29 is 9.18 Å². The van der Waals surface area contributed by atoms with Gasteiger partial charge in [-0.3, -0.25) is 4.79 Å². The fourth-order valence-corrected chi connectivity index (χ4v) is 1.82. The SMILES string of the molecule is CCCC(CN)C(=O)c1cc(F)ccc1Cl. The van der Waals surface area contributed by atoms with Gasteiger partial charge < -0.3 is 5.73 Å². The number of halogens is 2. The summed E-state index contributed by atoms with van der Waals surface area (Å²) in [7, 11) is 0. The second-order valence-electron chi connectivity index (χ2n) is 3.71. The minimum Gasteiger partial charge on any atom is -0.330 e. The molecule has 0 saturated carbocycles. The fraction of sp³-hybridized carbons (Fsp3) is 0.417. The predicted octanol–water partition coefficient (Wildman–Crippen LogP) is 3.04. The first-order chi connectivity index (χ1) is 7.60. The van der Waals surface area contributed by atoms with Gasteiger partial charge in [-0.2, -0.15) is 0 Å². The minimum absolute atomic E-state index is 0.172. The van der Waals surface area contributed by atoms with Gasteiger partial charge in [-0.05, 0) is 24.6 Å². The van der Waals surface area contributed by atoms with Crippen LogP contribution >= 0.6 is 11.6 Å². The van der Waals surface area contributed by atoms with Crippen molar-refractivity contribution in [1.82, 2.24) is 0 Å². The molecule has 0 saturated heterocycles. The van der Waals surface area contributed by atoms with E-state index in [1.165, 1.54) is 18.2 Å². The number of rotatable bonds is 5. The van der Waals surface area contributed by atoms with E-state index in [-0.39, 0.29) is 28.8 Å². The third kappa shape index (κ3) is 3.03. The summed E-state index contributed by atoms with van der Waals surface area (Å²) in [4.78, 5) is 12.0. The van der Waals surface area contributed by atoms with Crippen molar-refractivity contribution in [3.63, 3.8) is 0 Å². The van der Waals surface area contributed by atoms with E-state index in [1.807, 2.05) is 6.92 Å². The van der Waals surface area contributed by atoms with Gasteiger partial charge in [0, 0.05) is 18.0 Å². The summed E-state index contributed by atoms with van der Waals surface area (Å²) in [6, 6.07) is 3.79. The molecule has 0 aromatic heterocycles. The van der Waals surface area contributed by atoms with Gasteiger partial charge in [-0.25, -0.2) is 4.39 Å². The van der Waals surface area contributed by atoms with Gasteiger partial charge in [-0.15, -0.1) is 0 Å². The van der Waals surface area contributed by atoms with Crippen molar-refractivity contribution in [2.45, 2.75) is 19.8 Å². The molecule has 1 atom stereocenters. The molecular weight excluding hydrogens is 229 g/mol. The molecular formula is C12H15ClFNO. The van der Waals surface area contributed by atoms with Gasteiger partial charge in [0.1, 0.15) is 5.82 Å². The highest BCUT2D eigenvalue weighted by atomic mass is 35.5. The zero-order valence-corrected chi connectivity index (χ0v) is 9.93. The summed E-state index contributed by atoms with van der Waals surface area (Å²) in [5.74, 6) is -0.904. The van der Waals surface area contributed by atoms with Crippen LogP contribution in [0.25, 0.3) is 0 Å². The molecule has 4 heteroatoms. The van der Waals surface area contributed by atoms with Crippen LogP contribution in [0.2, 0.25) is 5.02 Å². The molecule has 1 aromatic rings. The average Bonchev–Trinajstić information content (AvgIpc) is 2.28. The second-order valence-corrected chi connectivity index (χ2v) is 4.12. The van der Waals surface area contributed by atoms with Crippen molar-refractivity contribution in [3.05, 3.63) is 34.6 Å². The summed E-state index contributed by atoms with van der Waals surface area (Å²) < 4.78 is 13.0. The smallest absolute Gasteiger partial charge is 0.168 e. The molecule has 1 unspecified atom stereocenters. The van der Waals surface area contributed by atoms with Crippen LogP contribution < -0.4 is 5.73 Å². The highest BCUT2D eigenvalue weighted by Crippen LogP contribution is 2.22. The number of nitrogens with two attached hydrogens (primary N) is 1. The van der Waals surface area contributed by atoms with E-state index in [4.69, 9.17) is 17.3 Å². The zero-order chi connectivity index (χ0) is 12.1. The Balaban J connectivity index is 2.98. The molecule has 16 heavy (non-hydrogen) atoms. The number of ketones is 1. The van der Waals surface area contributed by atoms with Crippen LogP contribution in [-0.4, -0.2) is 12.3 Å². The molecule has 0 aliphatic rings. The van der Waals surface area contributed by atoms with Gasteiger partial charge in [0.2, 0.25) is 0 Å². The topological polar surface area (TPSA) is 43.1 Å². The lowest BCUT2D eigenvalue weighted by molar-refractivity contribution is 0.0917. The van der Waals surface area contributed by atoms with E-state index in [1.54, 1.807) is 0 Å². The predicted molar refractivity (Wildman–Crippen MR) is 63.2 cm³/mol. The van der Waals surface area contributed by atoms with E-state index in [9.17, 15) is 9.18 Å². The van der Waals surface area contributed by atoms with Crippen LogP contribution in [0.15, 0.2) is 18.2 Å². The maximum absolute atomic E-state index is 13.0. The second kappa shape index (κ2) is 5.97. The molecule has 0 radical (unpaired) electrons. The van der Waals surface area contributed by atoms with E-state index in [2.05, 4.69) is 0 Å². The van der Waals surface area contributed by atoms with Crippen LogP contribution in [0.5, 0.6) is 0 Å². The molecule has 1 aromatic carbocycles. The van der Waals surface area contributed by atoms with Crippen LogP contribution in [0, 0.1) is 11.7 Å². The van der Waals surface area contributed by atoms with Crippen molar-refractivity contribution in [2.24, 2.45) is 11.7 Å². The highest BCUT2D eigenvalue weighted by molar-refractivity contribution is 6.34. The maximum Gasteiger partial charge on any atom is 0.168 e. The lowest BCUT2D eigenvalue weighted by atomic mass is 9.93. The Bertz CT molecular complexity index is 381. The Morgan fingerprint density at radius 2 is 2.25 bits per heavy atom. The Morgan fingerprint density at radius 1 is 1.56 bits per heavy atom. The monoisotopic (exact) mass is 243 g/mol. The maximum atomic E-state index is 13.0. The lowest BCUT2D eigenvalue weighted by Crippen LogP contribution is -2.24. The fourth-order valence-electron chi connectivity index (χ4n) is 1.61. The normalized spacial score (nSPS) is 12.5. The molecule has 0 amide bonds. The summed E-state index contributed by atoms with van der Waals surface area (Å²) in [5.41, 5.74) is 5.75. The first kappa shape index (κ1) is 13.1. The summed E-state index contributed by atoms with van der Waals surface area (Å²) >= 11 is 5.86.